The van der Waals surface area contributed by atoms with E-state index in [2.05, 4.69) is 9.97 Å². The van der Waals surface area contributed by atoms with Crippen molar-refractivity contribution < 1.29 is 4.79 Å². The predicted molar refractivity (Wildman–Crippen MR) is 68.6 cm³/mol. The molecule has 0 aliphatic rings. The second-order valence-electron chi connectivity index (χ2n) is 3.85. The van der Waals surface area contributed by atoms with Crippen LogP contribution in [0.3, 0.4) is 0 Å². The summed E-state index contributed by atoms with van der Waals surface area (Å²) in [6, 6.07) is 1.73. The molecule has 2 rings (SSSR count). The van der Waals surface area contributed by atoms with Gasteiger partial charge in [-0.05, 0) is 11.6 Å². The minimum absolute atomic E-state index is 0.0705. The molecule has 0 aliphatic carbocycles. The van der Waals surface area contributed by atoms with Crippen LogP contribution in [0.15, 0.2) is 31.0 Å². The van der Waals surface area contributed by atoms with Crippen LogP contribution in [0.1, 0.15) is 16.1 Å². The van der Waals surface area contributed by atoms with Gasteiger partial charge in [0.25, 0.3) is 0 Å². The Morgan fingerprint density at radius 3 is 3.06 bits per heavy atom. The van der Waals surface area contributed by atoms with E-state index in [-0.39, 0.29) is 12.2 Å². The van der Waals surface area contributed by atoms with Gasteiger partial charge in [0.15, 0.2) is 5.78 Å². The highest BCUT2D eigenvalue weighted by Crippen LogP contribution is 2.15. The van der Waals surface area contributed by atoms with Gasteiger partial charge in [0.2, 0.25) is 0 Å². The molecular formula is C12H13ClN4O. The molecule has 0 radical (unpaired) electrons. The van der Waals surface area contributed by atoms with E-state index in [1.54, 1.807) is 29.4 Å². The number of carbonyl (C=O) groups is 1. The van der Waals surface area contributed by atoms with Gasteiger partial charge >= 0.3 is 0 Å². The Morgan fingerprint density at radius 2 is 2.33 bits per heavy atom. The zero-order chi connectivity index (χ0) is 13.0. The molecule has 0 atom stereocenters. The Bertz CT molecular complexity index is 553. The second kappa shape index (κ2) is 5.75. The summed E-state index contributed by atoms with van der Waals surface area (Å²) in [7, 11) is 0. The number of ketones is 1. The lowest BCUT2D eigenvalue weighted by Gasteiger charge is -2.01. The third kappa shape index (κ3) is 2.94. The van der Waals surface area contributed by atoms with Crippen LogP contribution in [0.25, 0.3) is 0 Å². The van der Waals surface area contributed by atoms with Crippen molar-refractivity contribution in [1.82, 2.24) is 14.5 Å². The molecule has 2 aromatic rings. The highest BCUT2D eigenvalue weighted by Gasteiger charge is 2.12. The summed E-state index contributed by atoms with van der Waals surface area (Å²) in [4.78, 5) is 19.9. The van der Waals surface area contributed by atoms with Crippen molar-refractivity contribution in [3.8, 4) is 0 Å². The Hall–Kier alpha value is -1.72. The van der Waals surface area contributed by atoms with Gasteiger partial charge in [-0.15, -0.1) is 0 Å². The van der Waals surface area contributed by atoms with Gasteiger partial charge in [-0.3, -0.25) is 9.78 Å². The molecule has 2 heterocycles. The van der Waals surface area contributed by atoms with Gasteiger partial charge in [-0.25, -0.2) is 4.98 Å². The van der Waals surface area contributed by atoms with Crippen molar-refractivity contribution >= 4 is 17.4 Å². The molecule has 2 N–H and O–H groups in total. The van der Waals surface area contributed by atoms with Crippen LogP contribution in [0.5, 0.6) is 0 Å². The lowest BCUT2D eigenvalue weighted by molar-refractivity contribution is 0.0988. The molecule has 6 heteroatoms. The number of Topliss-reactive ketones (excluding diaryl/α,β-unsaturated/α-hetero) is 1. The molecule has 0 spiro atoms. The van der Waals surface area contributed by atoms with Crippen LogP contribution in [0, 0.1) is 0 Å². The predicted octanol–water partition coefficient (Wildman–Crippen LogP) is 1.32. The van der Waals surface area contributed by atoms with Gasteiger partial charge in [-0.2, -0.15) is 0 Å². The highest BCUT2D eigenvalue weighted by molar-refractivity contribution is 6.31. The number of nitrogens with zero attached hydrogens (tertiary/aromatic N) is 3. The van der Waals surface area contributed by atoms with E-state index in [9.17, 15) is 4.79 Å². The minimum atomic E-state index is -0.0705. The largest absolute Gasteiger partial charge is 0.335 e. The summed E-state index contributed by atoms with van der Waals surface area (Å²) >= 11 is 5.95. The first-order valence-electron chi connectivity index (χ1n) is 5.54. The van der Waals surface area contributed by atoms with Crippen LogP contribution in [-0.4, -0.2) is 26.9 Å². The van der Waals surface area contributed by atoms with Crippen molar-refractivity contribution in [2.75, 3.05) is 6.54 Å². The van der Waals surface area contributed by atoms with Crippen LogP contribution in [0.4, 0.5) is 0 Å². The van der Waals surface area contributed by atoms with Crippen molar-refractivity contribution in [1.29, 1.82) is 0 Å². The number of carbonyl (C=O) groups excluding carboxylic acids is 1. The number of nitrogens with two attached hydrogens (primary N) is 1. The van der Waals surface area contributed by atoms with E-state index in [1.807, 2.05) is 0 Å². The molecule has 0 amide bonds. The normalized spacial score (nSPS) is 10.6. The first-order chi connectivity index (χ1) is 8.70. The third-order valence-electron chi connectivity index (χ3n) is 2.51. The SMILES string of the molecule is NCCn1cnc(C(=O)Cc2ccncc2Cl)c1. The third-order valence-corrected chi connectivity index (χ3v) is 2.85. The van der Waals surface area contributed by atoms with Crippen LogP contribution < -0.4 is 5.73 Å². The molecule has 2 aromatic heterocycles. The molecular weight excluding hydrogens is 252 g/mol. The Morgan fingerprint density at radius 1 is 1.50 bits per heavy atom. The number of hydrogen-bond donors (Lipinski definition) is 1. The van der Waals surface area contributed by atoms with Gasteiger partial charge in [0.05, 0.1) is 11.3 Å². The molecule has 0 aromatic carbocycles. The fourth-order valence-corrected chi connectivity index (χ4v) is 1.77. The van der Waals surface area contributed by atoms with Crippen LogP contribution >= 0.6 is 11.6 Å². The summed E-state index contributed by atoms with van der Waals surface area (Å²) in [6.45, 7) is 1.16. The lowest BCUT2D eigenvalue weighted by Crippen LogP contribution is -2.08. The maximum absolute atomic E-state index is 12.0. The molecule has 5 nitrogen and oxygen atoms in total. The molecule has 94 valence electrons. The van der Waals surface area contributed by atoms with Crippen LogP contribution in [-0.2, 0) is 13.0 Å². The average Bonchev–Trinajstić information content (AvgIpc) is 2.81. The minimum Gasteiger partial charge on any atom is -0.335 e. The second-order valence-corrected chi connectivity index (χ2v) is 4.26. The van der Waals surface area contributed by atoms with E-state index < -0.39 is 0 Å². The quantitative estimate of drug-likeness (QED) is 0.827. The van der Waals surface area contributed by atoms with Crippen molar-refractivity contribution in [2.45, 2.75) is 13.0 Å². The maximum atomic E-state index is 12.0. The number of hydrogen-bond acceptors (Lipinski definition) is 4. The smallest absolute Gasteiger partial charge is 0.187 e. The van der Waals surface area contributed by atoms with E-state index in [0.717, 1.165) is 5.56 Å². The zero-order valence-electron chi connectivity index (χ0n) is 9.71. The van der Waals surface area contributed by atoms with E-state index in [1.165, 1.54) is 6.20 Å². The molecule has 0 saturated carbocycles. The van der Waals surface area contributed by atoms with Gasteiger partial charge in [0, 0.05) is 38.1 Å². The molecule has 0 aliphatic heterocycles. The Balaban J connectivity index is 2.10. The van der Waals surface area contributed by atoms with Crippen LogP contribution in [0.2, 0.25) is 5.02 Å². The Kier molecular flexibility index (Phi) is 4.07. The first kappa shape index (κ1) is 12.7. The van der Waals surface area contributed by atoms with E-state index >= 15 is 0 Å². The fraction of sp³-hybridized carbons (Fsp3) is 0.250. The van der Waals surface area contributed by atoms with Gasteiger partial charge < -0.3 is 10.3 Å². The Labute approximate surface area is 110 Å². The van der Waals surface area contributed by atoms with Gasteiger partial charge in [0.1, 0.15) is 5.69 Å². The maximum Gasteiger partial charge on any atom is 0.187 e. The summed E-state index contributed by atoms with van der Waals surface area (Å²) < 4.78 is 1.79. The summed E-state index contributed by atoms with van der Waals surface area (Å²) in [5.74, 6) is -0.0705. The number of halogens is 1. The topological polar surface area (TPSA) is 73.8 Å². The molecule has 0 fully saturated rings. The fourth-order valence-electron chi connectivity index (χ4n) is 1.59. The zero-order valence-corrected chi connectivity index (χ0v) is 10.5. The monoisotopic (exact) mass is 264 g/mol. The molecule has 0 unspecified atom stereocenters. The average molecular weight is 265 g/mol. The van der Waals surface area contributed by atoms with Crippen molar-refractivity contribution in [3.63, 3.8) is 0 Å². The van der Waals surface area contributed by atoms with Gasteiger partial charge in [-0.1, -0.05) is 11.6 Å². The number of rotatable bonds is 5. The van der Waals surface area contributed by atoms with E-state index in [4.69, 9.17) is 17.3 Å². The number of imidazole rings is 1. The number of aromatic nitrogens is 3. The molecule has 18 heavy (non-hydrogen) atoms. The standard InChI is InChI=1S/C12H13ClN4O/c13-10-6-15-3-1-9(10)5-12(18)11-7-17(4-2-14)8-16-11/h1,3,6-8H,2,4-5,14H2. The van der Waals surface area contributed by atoms with E-state index in [0.29, 0.717) is 23.8 Å². The summed E-state index contributed by atoms with van der Waals surface area (Å²) in [6.07, 6.45) is 6.66. The first-order valence-corrected chi connectivity index (χ1v) is 5.92. The summed E-state index contributed by atoms with van der Waals surface area (Å²) in [5, 5.41) is 0.493. The number of pyridine rings is 1. The lowest BCUT2D eigenvalue weighted by atomic mass is 10.1. The van der Waals surface area contributed by atoms with Crippen molar-refractivity contribution in [2.24, 2.45) is 5.73 Å². The summed E-state index contributed by atoms with van der Waals surface area (Å²) in [5.41, 5.74) is 6.61. The highest BCUT2D eigenvalue weighted by atomic mass is 35.5. The molecule has 0 saturated heterocycles. The molecule has 0 bridgehead atoms. The van der Waals surface area contributed by atoms with Crippen molar-refractivity contribution in [3.05, 3.63) is 47.3 Å².